The SMILES string of the molecule is CCS(=O)(=O)CCNCc1cc(=O)n(C)c(=O)n1C. The van der Waals surface area contributed by atoms with E-state index in [0.29, 0.717) is 12.2 Å². The minimum absolute atomic E-state index is 0.0439. The fourth-order valence-electron chi connectivity index (χ4n) is 1.54. The van der Waals surface area contributed by atoms with Crippen LogP contribution in [0.4, 0.5) is 0 Å². The van der Waals surface area contributed by atoms with Crippen molar-refractivity contribution in [1.29, 1.82) is 0 Å². The molecule has 0 fully saturated rings. The van der Waals surface area contributed by atoms with E-state index < -0.39 is 15.5 Å². The van der Waals surface area contributed by atoms with E-state index in [4.69, 9.17) is 0 Å². The number of sulfone groups is 1. The molecule has 1 aromatic heterocycles. The van der Waals surface area contributed by atoms with Crippen LogP contribution in [0.2, 0.25) is 0 Å². The van der Waals surface area contributed by atoms with E-state index in [0.717, 1.165) is 4.57 Å². The standard InChI is InChI=1S/C11H19N3O4S/c1-4-19(17,18)6-5-12-8-9-7-10(15)14(3)11(16)13(9)2/h7,12H,4-6,8H2,1-3H3. The molecule has 1 aromatic rings. The summed E-state index contributed by atoms with van der Waals surface area (Å²) in [6, 6.07) is 1.36. The van der Waals surface area contributed by atoms with Gasteiger partial charge in [0.2, 0.25) is 0 Å². The summed E-state index contributed by atoms with van der Waals surface area (Å²) in [5.74, 6) is 0.154. The molecule has 0 bridgehead atoms. The van der Waals surface area contributed by atoms with Crippen LogP contribution in [0.1, 0.15) is 12.6 Å². The highest BCUT2D eigenvalue weighted by Gasteiger charge is 2.08. The number of hydrogen-bond donors (Lipinski definition) is 1. The fourth-order valence-corrected chi connectivity index (χ4v) is 2.28. The normalized spacial score (nSPS) is 11.7. The highest BCUT2D eigenvalue weighted by molar-refractivity contribution is 7.91. The summed E-state index contributed by atoms with van der Waals surface area (Å²) in [5.41, 5.74) is -0.242. The van der Waals surface area contributed by atoms with Gasteiger partial charge in [-0.3, -0.25) is 13.9 Å². The Morgan fingerprint density at radius 1 is 1.21 bits per heavy atom. The van der Waals surface area contributed by atoms with Gasteiger partial charge in [-0.15, -0.1) is 0 Å². The minimum Gasteiger partial charge on any atom is -0.310 e. The molecule has 0 unspecified atom stereocenters. The van der Waals surface area contributed by atoms with Gasteiger partial charge in [-0.2, -0.15) is 0 Å². The Hall–Kier alpha value is -1.41. The zero-order valence-corrected chi connectivity index (χ0v) is 12.2. The second-order valence-corrected chi connectivity index (χ2v) is 6.76. The van der Waals surface area contributed by atoms with Crippen molar-refractivity contribution in [2.75, 3.05) is 18.1 Å². The third kappa shape index (κ3) is 4.03. The molecule has 0 atom stereocenters. The van der Waals surface area contributed by atoms with Crippen molar-refractivity contribution in [3.63, 3.8) is 0 Å². The van der Waals surface area contributed by atoms with Gasteiger partial charge >= 0.3 is 5.69 Å². The molecule has 0 saturated heterocycles. The van der Waals surface area contributed by atoms with E-state index in [9.17, 15) is 18.0 Å². The van der Waals surface area contributed by atoms with Crippen molar-refractivity contribution in [2.45, 2.75) is 13.5 Å². The topological polar surface area (TPSA) is 90.2 Å². The monoisotopic (exact) mass is 289 g/mol. The summed E-state index contributed by atoms with van der Waals surface area (Å²) in [5, 5.41) is 2.92. The van der Waals surface area contributed by atoms with Gasteiger partial charge < -0.3 is 5.32 Å². The summed E-state index contributed by atoms with van der Waals surface area (Å²) in [4.78, 5) is 23.1. The Morgan fingerprint density at radius 2 is 1.84 bits per heavy atom. The smallest absolute Gasteiger partial charge is 0.310 e. The average molecular weight is 289 g/mol. The van der Waals surface area contributed by atoms with Crippen LogP contribution >= 0.6 is 0 Å². The van der Waals surface area contributed by atoms with E-state index >= 15 is 0 Å². The van der Waals surface area contributed by atoms with Crippen LogP contribution in [-0.2, 0) is 30.5 Å². The minimum atomic E-state index is -3.00. The molecule has 8 heteroatoms. The summed E-state index contributed by atoms with van der Waals surface area (Å²) in [6.07, 6.45) is 0. The molecule has 108 valence electrons. The van der Waals surface area contributed by atoms with Gasteiger partial charge in [0.15, 0.2) is 9.84 Å². The van der Waals surface area contributed by atoms with E-state index in [2.05, 4.69) is 5.32 Å². The molecule has 1 rings (SSSR count). The van der Waals surface area contributed by atoms with Gasteiger partial charge in [-0.25, -0.2) is 13.2 Å². The number of aromatic nitrogens is 2. The van der Waals surface area contributed by atoms with Crippen LogP contribution in [0.15, 0.2) is 15.7 Å². The maximum Gasteiger partial charge on any atom is 0.330 e. The zero-order chi connectivity index (χ0) is 14.6. The first kappa shape index (κ1) is 15.6. The second kappa shape index (κ2) is 6.16. The lowest BCUT2D eigenvalue weighted by Crippen LogP contribution is -2.39. The Balaban J connectivity index is 2.70. The summed E-state index contributed by atoms with van der Waals surface area (Å²) in [7, 11) is -0.0206. The first-order chi connectivity index (χ1) is 8.78. The molecule has 0 amide bonds. The molecule has 1 N–H and O–H groups in total. The fraction of sp³-hybridized carbons (Fsp3) is 0.636. The molecule has 0 aliphatic carbocycles. The van der Waals surface area contributed by atoms with Gasteiger partial charge in [0.1, 0.15) is 0 Å². The second-order valence-electron chi connectivity index (χ2n) is 4.29. The lowest BCUT2D eigenvalue weighted by atomic mass is 10.4. The highest BCUT2D eigenvalue weighted by atomic mass is 32.2. The third-order valence-electron chi connectivity index (χ3n) is 2.96. The Kier molecular flexibility index (Phi) is 5.07. The van der Waals surface area contributed by atoms with Crippen molar-refractivity contribution in [1.82, 2.24) is 14.5 Å². The molecular formula is C11H19N3O4S. The van der Waals surface area contributed by atoms with Crippen molar-refractivity contribution >= 4 is 9.84 Å². The molecule has 0 saturated carbocycles. The van der Waals surface area contributed by atoms with E-state index in [1.807, 2.05) is 0 Å². The van der Waals surface area contributed by atoms with Crippen molar-refractivity contribution in [3.8, 4) is 0 Å². The van der Waals surface area contributed by atoms with Crippen molar-refractivity contribution in [3.05, 3.63) is 32.6 Å². The van der Waals surface area contributed by atoms with Gasteiger partial charge in [-0.1, -0.05) is 6.92 Å². The van der Waals surface area contributed by atoms with E-state index in [-0.39, 0.29) is 23.6 Å². The number of nitrogens with one attached hydrogen (secondary N) is 1. The first-order valence-electron chi connectivity index (χ1n) is 5.95. The van der Waals surface area contributed by atoms with E-state index in [1.54, 1.807) is 14.0 Å². The average Bonchev–Trinajstić information content (AvgIpc) is 2.37. The maximum absolute atomic E-state index is 11.7. The summed E-state index contributed by atoms with van der Waals surface area (Å²) >= 11 is 0. The molecule has 19 heavy (non-hydrogen) atoms. The van der Waals surface area contributed by atoms with Crippen molar-refractivity contribution in [2.24, 2.45) is 14.1 Å². The molecule has 0 spiro atoms. The van der Waals surface area contributed by atoms with Crippen LogP contribution in [0.25, 0.3) is 0 Å². The largest absolute Gasteiger partial charge is 0.330 e. The molecule has 0 aliphatic rings. The number of rotatable bonds is 6. The van der Waals surface area contributed by atoms with Crippen LogP contribution in [0.5, 0.6) is 0 Å². The lowest BCUT2D eigenvalue weighted by molar-refractivity contribution is 0.585. The van der Waals surface area contributed by atoms with Gasteiger partial charge in [0, 0.05) is 44.7 Å². The Labute approximate surface area is 111 Å². The molecule has 0 aliphatic heterocycles. The first-order valence-corrected chi connectivity index (χ1v) is 7.77. The molecule has 0 radical (unpaired) electrons. The van der Waals surface area contributed by atoms with Crippen LogP contribution in [-0.4, -0.2) is 35.6 Å². The zero-order valence-electron chi connectivity index (χ0n) is 11.3. The van der Waals surface area contributed by atoms with E-state index in [1.165, 1.54) is 17.7 Å². The van der Waals surface area contributed by atoms with Crippen LogP contribution in [0, 0.1) is 0 Å². The highest BCUT2D eigenvalue weighted by Crippen LogP contribution is 1.91. The predicted molar refractivity (Wildman–Crippen MR) is 73.0 cm³/mol. The Morgan fingerprint density at radius 3 is 2.42 bits per heavy atom. The maximum atomic E-state index is 11.7. The van der Waals surface area contributed by atoms with Crippen LogP contribution in [0.3, 0.4) is 0 Å². The predicted octanol–water partition coefficient (Wildman–Crippen LogP) is -1.39. The van der Waals surface area contributed by atoms with Crippen molar-refractivity contribution < 1.29 is 8.42 Å². The summed E-state index contributed by atoms with van der Waals surface area (Å²) in [6.45, 7) is 2.17. The van der Waals surface area contributed by atoms with Gasteiger partial charge in [-0.05, 0) is 0 Å². The Bertz CT molecular complexity index is 657. The number of nitrogens with zero attached hydrogens (tertiary/aromatic N) is 2. The molecule has 0 aromatic carbocycles. The third-order valence-corrected chi connectivity index (χ3v) is 4.67. The van der Waals surface area contributed by atoms with Gasteiger partial charge in [0.05, 0.1) is 5.75 Å². The van der Waals surface area contributed by atoms with Crippen LogP contribution < -0.4 is 16.6 Å². The number of hydrogen-bond acceptors (Lipinski definition) is 5. The molecular weight excluding hydrogens is 270 g/mol. The summed E-state index contributed by atoms with van der Waals surface area (Å²) < 4.78 is 24.9. The van der Waals surface area contributed by atoms with Gasteiger partial charge in [0.25, 0.3) is 5.56 Å². The quantitative estimate of drug-likeness (QED) is 0.651. The molecule has 7 nitrogen and oxygen atoms in total. The molecule has 1 heterocycles. The lowest BCUT2D eigenvalue weighted by Gasteiger charge is -2.10.